The molecule has 1 saturated heterocycles. The van der Waals surface area contributed by atoms with Gasteiger partial charge in [0.1, 0.15) is 17.2 Å². The van der Waals surface area contributed by atoms with E-state index in [1.807, 2.05) is 31.4 Å². The summed E-state index contributed by atoms with van der Waals surface area (Å²) in [7, 11) is 0. The number of benzene rings is 3. The van der Waals surface area contributed by atoms with E-state index in [0.29, 0.717) is 16.0 Å². The molecule has 204 valence electrons. The number of hydrogen-bond acceptors (Lipinski definition) is 4. The van der Waals surface area contributed by atoms with Crippen molar-refractivity contribution in [2.24, 2.45) is 5.92 Å². The topological polar surface area (TPSA) is 74.7 Å². The van der Waals surface area contributed by atoms with E-state index >= 15 is 0 Å². The molecule has 1 aliphatic heterocycles. The first-order chi connectivity index (χ1) is 19.0. The zero-order valence-electron chi connectivity index (χ0n) is 22.1. The molecule has 0 bridgehead atoms. The Labute approximate surface area is 234 Å². The Balaban J connectivity index is 1.83. The van der Waals surface area contributed by atoms with E-state index in [1.54, 1.807) is 18.2 Å². The fraction of sp³-hybridized carbons (Fsp3) is 0.219. The number of carbonyl (C=O) groups is 3. The highest BCUT2D eigenvalue weighted by Crippen LogP contribution is 2.58. The number of thiophene rings is 1. The first kappa shape index (κ1) is 27.4. The molecule has 0 radical (unpaired) electrons. The van der Waals surface area contributed by atoms with Crippen molar-refractivity contribution in [1.82, 2.24) is 4.90 Å². The van der Waals surface area contributed by atoms with E-state index < -0.39 is 46.9 Å². The lowest BCUT2D eigenvalue weighted by molar-refractivity contribution is -0.148. The molecule has 0 aliphatic carbocycles. The highest BCUT2D eigenvalue weighted by atomic mass is 32.1. The van der Waals surface area contributed by atoms with Gasteiger partial charge in [-0.2, -0.15) is 0 Å². The van der Waals surface area contributed by atoms with Crippen molar-refractivity contribution < 1.29 is 28.3 Å². The molecule has 5 nitrogen and oxygen atoms in total. The standard InChI is InChI=1S/C32H27F2NO4S/c1-18-6-4-7-21(16-18)28(36)25-26(20-10-12-23(33)13-11-20)32(3,31(38)39)35(27(25)29-19(2)14-15-40-29)30(37)22-8-5-9-24(34)17-22/h4-17,25-27H,1-3H3,(H,38,39). The zero-order chi connectivity index (χ0) is 28.8. The fourth-order valence-electron chi connectivity index (χ4n) is 5.92. The number of ketones is 1. The smallest absolute Gasteiger partial charge is 0.330 e. The van der Waals surface area contributed by atoms with Crippen LogP contribution in [-0.4, -0.2) is 33.2 Å². The van der Waals surface area contributed by atoms with Crippen LogP contribution in [0.5, 0.6) is 0 Å². The van der Waals surface area contributed by atoms with Crippen LogP contribution in [0.25, 0.3) is 0 Å². The number of hydrogen-bond donors (Lipinski definition) is 1. The summed E-state index contributed by atoms with van der Waals surface area (Å²) in [6.07, 6.45) is 0. The van der Waals surface area contributed by atoms with E-state index in [1.165, 1.54) is 65.6 Å². The van der Waals surface area contributed by atoms with Gasteiger partial charge in [-0.15, -0.1) is 11.3 Å². The average Bonchev–Trinajstić information content (AvgIpc) is 3.47. The Bertz CT molecular complexity index is 1620. The highest BCUT2D eigenvalue weighted by Gasteiger charge is 2.65. The minimum atomic E-state index is -1.95. The molecular formula is C32H27F2NO4S. The number of aliphatic carboxylic acids is 1. The molecule has 40 heavy (non-hydrogen) atoms. The second-order valence-electron chi connectivity index (χ2n) is 10.3. The Kier molecular flexibility index (Phi) is 7.14. The maximum Gasteiger partial charge on any atom is 0.330 e. The van der Waals surface area contributed by atoms with E-state index in [4.69, 9.17) is 0 Å². The van der Waals surface area contributed by atoms with Crippen molar-refractivity contribution in [2.45, 2.75) is 38.3 Å². The van der Waals surface area contributed by atoms with E-state index in [0.717, 1.165) is 17.2 Å². The van der Waals surface area contributed by atoms with Gasteiger partial charge in [0.15, 0.2) is 5.78 Å². The maximum atomic E-state index is 14.5. The maximum absolute atomic E-state index is 14.5. The predicted molar refractivity (Wildman–Crippen MR) is 149 cm³/mol. The molecule has 1 N–H and O–H groups in total. The number of aryl methyl sites for hydroxylation is 2. The van der Waals surface area contributed by atoms with Crippen molar-refractivity contribution in [2.75, 3.05) is 0 Å². The van der Waals surface area contributed by atoms with E-state index in [9.17, 15) is 28.3 Å². The highest BCUT2D eigenvalue weighted by molar-refractivity contribution is 7.10. The van der Waals surface area contributed by atoms with Crippen molar-refractivity contribution in [3.63, 3.8) is 0 Å². The van der Waals surface area contributed by atoms with Crippen molar-refractivity contribution >= 4 is 29.0 Å². The SMILES string of the molecule is Cc1cccc(C(=O)C2C(c3sccc3C)N(C(=O)c3cccc(F)c3)C(C)(C(=O)O)C2c2ccc(F)cc2)c1. The first-order valence-corrected chi connectivity index (χ1v) is 13.6. The van der Waals surface area contributed by atoms with Gasteiger partial charge < -0.3 is 10.0 Å². The Morgan fingerprint density at radius 2 is 1.55 bits per heavy atom. The van der Waals surface area contributed by atoms with Gasteiger partial charge in [0.2, 0.25) is 0 Å². The molecule has 1 aromatic heterocycles. The molecule has 0 saturated carbocycles. The van der Waals surface area contributed by atoms with E-state index in [-0.39, 0.29) is 11.3 Å². The second kappa shape index (κ2) is 10.4. The number of carboxylic acid groups (broad SMARTS) is 1. The largest absolute Gasteiger partial charge is 0.479 e. The quantitative estimate of drug-likeness (QED) is 0.259. The Hall–Kier alpha value is -4.17. The molecule has 0 spiro atoms. The molecule has 4 atom stereocenters. The molecule has 4 unspecified atom stereocenters. The number of carbonyl (C=O) groups excluding carboxylic acids is 2. The van der Waals surface area contributed by atoms with Crippen LogP contribution in [-0.2, 0) is 4.79 Å². The van der Waals surface area contributed by atoms with Crippen LogP contribution in [0.1, 0.15) is 61.2 Å². The Morgan fingerprint density at radius 1 is 0.875 bits per heavy atom. The fourth-order valence-corrected chi connectivity index (χ4v) is 6.98. The minimum Gasteiger partial charge on any atom is -0.479 e. The van der Waals surface area contributed by atoms with E-state index in [2.05, 4.69) is 0 Å². The number of carboxylic acids is 1. The molecule has 4 aromatic rings. The summed E-state index contributed by atoms with van der Waals surface area (Å²) in [5, 5.41) is 12.7. The van der Waals surface area contributed by atoms with Crippen LogP contribution in [0, 0.1) is 31.4 Å². The van der Waals surface area contributed by atoms with Crippen LogP contribution in [0.2, 0.25) is 0 Å². The average molecular weight is 560 g/mol. The normalized spacial score (nSPS) is 22.3. The number of Topliss-reactive ketones (excluding diaryl/α,β-unsaturated/α-hetero) is 1. The molecule has 3 aromatic carbocycles. The molecule has 1 fully saturated rings. The lowest BCUT2D eigenvalue weighted by Crippen LogP contribution is -2.54. The third-order valence-corrected chi connectivity index (χ3v) is 8.90. The third-order valence-electron chi connectivity index (χ3n) is 7.81. The number of likely N-dealkylation sites (tertiary alicyclic amines) is 1. The van der Waals surface area contributed by atoms with Gasteiger partial charge in [-0.1, -0.05) is 42.0 Å². The predicted octanol–water partition coefficient (Wildman–Crippen LogP) is 6.97. The lowest BCUT2D eigenvalue weighted by atomic mass is 9.72. The van der Waals surface area contributed by atoms with Gasteiger partial charge >= 0.3 is 5.97 Å². The molecular weight excluding hydrogens is 532 g/mol. The van der Waals surface area contributed by atoms with Gasteiger partial charge in [-0.25, -0.2) is 13.6 Å². The third kappa shape index (κ3) is 4.52. The molecule has 1 aliphatic rings. The summed E-state index contributed by atoms with van der Waals surface area (Å²) in [5.41, 5.74) is 0.441. The van der Waals surface area contributed by atoms with Crippen LogP contribution < -0.4 is 0 Å². The van der Waals surface area contributed by atoms with Gasteiger partial charge in [0.25, 0.3) is 5.91 Å². The second-order valence-corrected chi connectivity index (χ2v) is 11.3. The number of amides is 1. The van der Waals surface area contributed by atoms with Crippen molar-refractivity contribution in [3.05, 3.63) is 129 Å². The zero-order valence-corrected chi connectivity index (χ0v) is 22.9. The molecule has 5 rings (SSSR count). The molecule has 8 heteroatoms. The lowest BCUT2D eigenvalue weighted by Gasteiger charge is -2.37. The van der Waals surface area contributed by atoms with Gasteiger partial charge in [-0.05, 0) is 79.7 Å². The van der Waals surface area contributed by atoms with Crippen LogP contribution in [0.15, 0.2) is 84.2 Å². The molecule has 1 amide bonds. The summed E-state index contributed by atoms with van der Waals surface area (Å²) in [4.78, 5) is 43.9. The minimum absolute atomic E-state index is 0.0341. The Morgan fingerprint density at radius 3 is 2.15 bits per heavy atom. The number of nitrogens with zero attached hydrogens (tertiary/aromatic N) is 1. The number of halogens is 2. The summed E-state index contributed by atoms with van der Waals surface area (Å²) < 4.78 is 28.3. The molecule has 2 heterocycles. The van der Waals surface area contributed by atoms with Crippen LogP contribution >= 0.6 is 11.3 Å². The summed E-state index contributed by atoms with van der Waals surface area (Å²) in [6, 6.07) is 18.3. The van der Waals surface area contributed by atoms with Gasteiger partial charge in [0.05, 0.1) is 12.0 Å². The summed E-state index contributed by atoms with van der Waals surface area (Å²) in [5.74, 6) is -5.63. The van der Waals surface area contributed by atoms with Crippen molar-refractivity contribution in [1.29, 1.82) is 0 Å². The van der Waals surface area contributed by atoms with Gasteiger partial charge in [0, 0.05) is 21.9 Å². The summed E-state index contributed by atoms with van der Waals surface area (Å²) in [6.45, 7) is 5.11. The summed E-state index contributed by atoms with van der Waals surface area (Å²) >= 11 is 1.32. The number of rotatable bonds is 6. The first-order valence-electron chi connectivity index (χ1n) is 12.8. The monoisotopic (exact) mass is 559 g/mol. The van der Waals surface area contributed by atoms with Crippen molar-refractivity contribution in [3.8, 4) is 0 Å². The van der Waals surface area contributed by atoms with Gasteiger partial charge in [-0.3, -0.25) is 9.59 Å². The van der Waals surface area contributed by atoms with Crippen LogP contribution in [0.3, 0.4) is 0 Å². The van der Waals surface area contributed by atoms with Crippen LogP contribution in [0.4, 0.5) is 8.78 Å².